The summed E-state index contributed by atoms with van der Waals surface area (Å²) in [7, 11) is 0. The van der Waals surface area contributed by atoms with Crippen LogP contribution < -0.4 is 16.0 Å². The van der Waals surface area contributed by atoms with E-state index in [1.807, 2.05) is 17.2 Å². The molecule has 1 aliphatic heterocycles. The van der Waals surface area contributed by atoms with Gasteiger partial charge in [-0.3, -0.25) is 4.98 Å². The number of amides is 1. The minimum absolute atomic E-state index is 0.0294. The normalized spacial score (nSPS) is 23.3. The van der Waals surface area contributed by atoms with Crippen LogP contribution in [0.2, 0.25) is 0 Å². The van der Waals surface area contributed by atoms with E-state index in [2.05, 4.69) is 25.3 Å². The number of carbonyl (C=O) groups is 1. The molecular weight excluding hydrogens is 515 g/mol. The number of nitrogens with zero attached hydrogens (tertiary/aromatic N) is 5. The van der Waals surface area contributed by atoms with E-state index in [1.165, 1.54) is 18.3 Å². The van der Waals surface area contributed by atoms with Crippen LogP contribution in [0.15, 0.2) is 39.8 Å². The van der Waals surface area contributed by atoms with Gasteiger partial charge in [-0.05, 0) is 37.3 Å². The van der Waals surface area contributed by atoms with Crippen molar-refractivity contribution >= 4 is 40.8 Å². The van der Waals surface area contributed by atoms with Crippen LogP contribution in [-0.4, -0.2) is 50.8 Å². The first kappa shape index (κ1) is 24.6. The highest BCUT2D eigenvalue weighted by Gasteiger charge is 2.68. The maximum absolute atomic E-state index is 13.3. The molecule has 0 aromatic carbocycles. The molecule has 2 fully saturated rings. The summed E-state index contributed by atoms with van der Waals surface area (Å²) in [6.07, 6.45) is -2.26. The van der Waals surface area contributed by atoms with Crippen LogP contribution in [0.25, 0.3) is 0 Å². The number of alkyl halides is 3. The topological polar surface area (TPSA) is 130 Å². The average Bonchev–Trinajstić information content (AvgIpc) is 3.27. The number of nitrogens with one attached hydrogen (secondary N) is 1. The SMILES string of the molecule is Cc1csc(C2(CNC(=O)O)C3CCN(c4cnc(Sc5cccnc5C(F)(F)F)c(N)n4)CC32)n1. The van der Waals surface area contributed by atoms with Crippen LogP contribution in [0, 0.1) is 18.8 Å². The van der Waals surface area contributed by atoms with Gasteiger partial charge in [0, 0.05) is 47.2 Å². The average molecular weight is 538 g/mol. The number of piperidine rings is 1. The summed E-state index contributed by atoms with van der Waals surface area (Å²) in [4.78, 5) is 30.0. The molecule has 5 rings (SSSR count). The van der Waals surface area contributed by atoms with Crippen molar-refractivity contribution in [2.24, 2.45) is 11.8 Å². The van der Waals surface area contributed by atoms with E-state index in [0.717, 1.165) is 35.1 Å². The van der Waals surface area contributed by atoms with E-state index < -0.39 is 18.0 Å². The number of hydrogen-bond donors (Lipinski definition) is 3. The fourth-order valence-corrected chi connectivity index (χ4v) is 7.03. The Hall–Kier alpha value is -3.13. The molecule has 1 saturated carbocycles. The third-order valence-electron chi connectivity index (χ3n) is 6.70. The summed E-state index contributed by atoms with van der Waals surface area (Å²) in [6, 6.07) is 2.74. The van der Waals surface area contributed by atoms with Crippen molar-refractivity contribution in [2.75, 3.05) is 30.3 Å². The molecule has 3 aromatic heterocycles. The van der Waals surface area contributed by atoms with Crippen molar-refractivity contribution in [3.63, 3.8) is 0 Å². The van der Waals surface area contributed by atoms with Gasteiger partial charge < -0.3 is 21.1 Å². The lowest BCUT2D eigenvalue weighted by molar-refractivity contribution is -0.143. The number of halogens is 3. The second-order valence-electron chi connectivity index (χ2n) is 8.81. The lowest BCUT2D eigenvalue weighted by atomic mass is 10.0. The Morgan fingerprint density at radius 3 is 2.83 bits per heavy atom. The summed E-state index contributed by atoms with van der Waals surface area (Å²) >= 11 is 2.31. The molecule has 4 heterocycles. The molecule has 0 bridgehead atoms. The molecule has 0 spiro atoms. The van der Waals surface area contributed by atoms with Gasteiger partial charge in [0.1, 0.15) is 15.9 Å². The van der Waals surface area contributed by atoms with E-state index in [0.29, 0.717) is 18.9 Å². The van der Waals surface area contributed by atoms with E-state index in [4.69, 9.17) is 5.73 Å². The van der Waals surface area contributed by atoms with E-state index in [9.17, 15) is 23.1 Å². The Balaban J connectivity index is 1.35. The zero-order valence-corrected chi connectivity index (χ0v) is 20.6. The molecule has 9 nitrogen and oxygen atoms in total. The van der Waals surface area contributed by atoms with Crippen molar-refractivity contribution in [3.8, 4) is 0 Å². The summed E-state index contributed by atoms with van der Waals surface area (Å²) < 4.78 is 39.9. The number of carboxylic acid groups (broad SMARTS) is 1. The van der Waals surface area contributed by atoms with Crippen LogP contribution in [0.3, 0.4) is 0 Å². The van der Waals surface area contributed by atoms with Crippen LogP contribution in [0.4, 0.5) is 29.6 Å². The number of nitrogen functional groups attached to an aromatic ring is 1. The second kappa shape index (κ2) is 9.07. The zero-order valence-electron chi connectivity index (χ0n) is 19.0. The Bertz CT molecular complexity index is 1300. The molecule has 3 atom stereocenters. The smallest absolute Gasteiger partial charge is 0.434 e. The first-order valence-corrected chi connectivity index (χ1v) is 12.8. The quantitative estimate of drug-likeness (QED) is 0.426. The molecule has 190 valence electrons. The van der Waals surface area contributed by atoms with E-state index >= 15 is 0 Å². The Labute approximate surface area is 212 Å². The van der Waals surface area contributed by atoms with Crippen molar-refractivity contribution in [2.45, 2.75) is 34.9 Å². The predicted molar refractivity (Wildman–Crippen MR) is 128 cm³/mol. The molecule has 3 unspecified atom stereocenters. The Morgan fingerprint density at radius 2 is 2.17 bits per heavy atom. The fourth-order valence-electron chi connectivity index (χ4n) is 5.03. The van der Waals surface area contributed by atoms with Crippen molar-refractivity contribution in [1.29, 1.82) is 0 Å². The van der Waals surface area contributed by atoms with Gasteiger partial charge in [-0.25, -0.2) is 19.7 Å². The number of nitrogens with two attached hydrogens (primary N) is 1. The van der Waals surface area contributed by atoms with Crippen LogP contribution in [0.5, 0.6) is 0 Å². The number of hydrogen-bond acceptors (Lipinski definition) is 9. The predicted octanol–water partition coefficient (Wildman–Crippen LogP) is 4.05. The minimum Gasteiger partial charge on any atom is -0.465 e. The molecule has 2 aliphatic rings. The first-order chi connectivity index (χ1) is 17.1. The van der Waals surface area contributed by atoms with Crippen LogP contribution in [-0.2, 0) is 11.6 Å². The van der Waals surface area contributed by atoms with Crippen LogP contribution >= 0.6 is 23.1 Å². The highest BCUT2D eigenvalue weighted by Crippen LogP contribution is 2.63. The molecule has 4 N–H and O–H groups in total. The summed E-state index contributed by atoms with van der Waals surface area (Å²) in [5, 5.41) is 14.8. The largest absolute Gasteiger partial charge is 0.465 e. The van der Waals surface area contributed by atoms with Crippen molar-refractivity contribution in [3.05, 3.63) is 46.3 Å². The molecule has 0 radical (unpaired) electrons. The van der Waals surface area contributed by atoms with E-state index in [-0.39, 0.29) is 39.5 Å². The second-order valence-corrected chi connectivity index (χ2v) is 10.7. The molecule has 1 aliphatic carbocycles. The molecule has 36 heavy (non-hydrogen) atoms. The number of anilines is 2. The van der Waals surface area contributed by atoms with Crippen molar-refractivity contribution < 1.29 is 23.1 Å². The van der Waals surface area contributed by atoms with Gasteiger partial charge in [0.15, 0.2) is 11.5 Å². The van der Waals surface area contributed by atoms with Gasteiger partial charge in [0.05, 0.1) is 6.20 Å². The number of aryl methyl sites for hydroxylation is 1. The zero-order chi connectivity index (χ0) is 25.7. The summed E-state index contributed by atoms with van der Waals surface area (Å²) in [6.45, 7) is 3.49. The van der Waals surface area contributed by atoms with Gasteiger partial charge in [-0.2, -0.15) is 13.2 Å². The number of thiazole rings is 1. The van der Waals surface area contributed by atoms with Gasteiger partial charge >= 0.3 is 12.3 Å². The summed E-state index contributed by atoms with van der Waals surface area (Å²) in [5.41, 5.74) is 5.64. The highest BCUT2D eigenvalue weighted by molar-refractivity contribution is 7.99. The maximum atomic E-state index is 13.3. The van der Waals surface area contributed by atoms with Crippen molar-refractivity contribution in [1.82, 2.24) is 25.3 Å². The highest BCUT2D eigenvalue weighted by atomic mass is 32.2. The number of fused-ring (bicyclic) bond motifs is 1. The van der Waals surface area contributed by atoms with Gasteiger partial charge in [0.2, 0.25) is 0 Å². The first-order valence-electron chi connectivity index (χ1n) is 11.1. The van der Waals surface area contributed by atoms with Gasteiger partial charge in [-0.1, -0.05) is 11.8 Å². The summed E-state index contributed by atoms with van der Waals surface area (Å²) in [5.74, 6) is 1.02. The Kier molecular flexibility index (Phi) is 6.19. The number of rotatable bonds is 6. The fraction of sp³-hybridized carbons (Fsp3) is 0.409. The minimum atomic E-state index is -4.60. The molecule has 1 amide bonds. The van der Waals surface area contributed by atoms with Crippen LogP contribution in [0.1, 0.15) is 22.8 Å². The number of aromatic nitrogens is 4. The molecule has 3 aromatic rings. The maximum Gasteiger partial charge on any atom is 0.434 e. The monoisotopic (exact) mass is 537 g/mol. The van der Waals surface area contributed by atoms with Gasteiger partial charge in [0.25, 0.3) is 0 Å². The molecule has 14 heteroatoms. The molecule has 1 saturated heterocycles. The van der Waals surface area contributed by atoms with Gasteiger partial charge in [-0.15, -0.1) is 11.3 Å². The third kappa shape index (κ3) is 4.43. The third-order valence-corrected chi connectivity index (χ3v) is 8.91. The lowest BCUT2D eigenvalue weighted by Gasteiger charge is -2.27. The Morgan fingerprint density at radius 1 is 1.36 bits per heavy atom. The van der Waals surface area contributed by atoms with E-state index in [1.54, 1.807) is 11.3 Å². The standard InChI is InChI=1S/C22H22F3N7O2S2/c1-11-9-35-19(30-11)21(10-29-20(33)34)12-4-6-32(8-13(12)21)15-7-28-18(17(26)31-15)36-14-3-2-5-27-16(14)22(23,24)25/h2-3,5,7,9,12-13,29H,4,6,8,10H2,1H3,(H2,26,31)(H,33,34). The number of pyridine rings is 1. The molecular formula is C22H22F3N7O2S2. The lowest BCUT2D eigenvalue weighted by Crippen LogP contribution is -2.35.